The molecule has 0 spiro atoms. The lowest BCUT2D eigenvalue weighted by Crippen LogP contribution is -1.89. The highest BCUT2D eigenvalue weighted by Gasteiger charge is 1.91. The molecule has 0 fully saturated rings. The molecule has 0 radical (unpaired) electrons. The first-order valence-corrected chi connectivity index (χ1v) is 3.24. The highest BCUT2D eigenvalue weighted by atomic mass is 16.1. The number of hydrogen-bond acceptors (Lipinski definition) is 1. The average molecular weight is 136 g/mol. The van der Waals surface area contributed by atoms with Crippen molar-refractivity contribution in [3.8, 4) is 11.8 Å². The zero-order valence-electron chi connectivity index (χ0n) is 6.69. The summed E-state index contributed by atoms with van der Waals surface area (Å²) in [5.41, 5.74) is 1.03. The van der Waals surface area contributed by atoms with Crippen molar-refractivity contribution >= 4 is 5.78 Å². The van der Waals surface area contributed by atoms with Gasteiger partial charge in [-0.25, -0.2) is 0 Å². The van der Waals surface area contributed by atoms with Gasteiger partial charge in [-0.3, -0.25) is 4.79 Å². The molecule has 54 valence electrons. The highest BCUT2D eigenvalue weighted by molar-refractivity contribution is 5.91. The van der Waals surface area contributed by atoms with Crippen molar-refractivity contribution in [2.75, 3.05) is 0 Å². The third-order valence-corrected chi connectivity index (χ3v) is 0.889. The van der Waals surface area contributed by atoms with E-state index in [4.69, 9.17) is 0 Å². The number of ketones is 1. The van der Waals surface area contributed by atoms with E-state index >= 15 is 0 Å². The Kier molecular flexibility index (Phi) is 4.32. The molecular formula is C9H12O. The van der Waals surface area contributed by atoms with E-state index in [1.165, 1.54) is 0 Å². The fourth-order valence-corrected chi connectivity index (χ4v) is 0.549. The van der Waals surface area contributed by atoms with Gasteiger partial charge < -0.3 is 0 Å². The van der Waals surface area contributed by atoms with Crippen LogP contribution in [-0.2, 0) is 4.79 Å². The summed E-state index contributed by atoms with van der Waals surface area (Å²) < 4.78 is 0. The summed E-state index contributed by atoms with van der Waals surface area (Å²) in [6, 6.07) is 0. The lowest BCUT2D eigenvalue weighted by molar-refractivity contribution is -0.113. The molecule has 0 saturated heterocycles. The first kappa shape index (κ1) is 8.97. The summed E-state index contributed by atoms with van der Waals surface area (Å²) in [5.74, 6) is 5.47. The smallest absolute Gasteiger partial charge is 0.167 e. The van der Waals surface area contributed by atoms with Crippen molar-refractivity contribution in [2.24, 2.45) is 0 Å². The van der Waals surface area contributed by atoms with Crippen LogP contribution >= 0.6 is 0 Å². The molecule has 0 saturated carbocycles. The predicted octanol–water partition coefficient (Wildman–Crippen LogP) is 1.94. The third-order valence-electron chi connectivity index (χ3n) is 0.889. The first-order valence-electron chi connectivity index (χ1n) is 3.24. The van der Waals surface area contributed by atoms with Crippen molar-refractivity contribution in [2.45, 2.75) is 27.2 Å². The van der Waals surface area contributed by atoms with Crippen LogP contribution in [0.15, 0.2) is 11.6 Å². The van der Waals surface area contributed by atoms with Gasteiger partial charge in [0, 0.05) is 0 Å². The van der Waals surface area contributed by atoms with Crippen molar-refractivity contribution in [3.63, 3.8) is 0 Å². The molecule has 0 bridgehead atoms. The molecule has 10 heavy (non-hydrogen) atoms. The van der Waals surface area contributed by atoms with E-state index < -0.39 is 0 Å². The molecule has 0 unspecified atom stereocenters. The van der Waals surface area contributed by atoms with E-state index in [0.29, 0.717) is 6.42 Å². The maximum Gasteiger partial charge on any atom is 0.167 e. The van der Waals surface area contributed by atoms with Crippen LogP contribution in [0.5, 0.6) is 0 Å². The number of rotatable bonds is 2. The Morgan fingerprint density at radius 3 is 2.50 bits per heavy atom. The number of carbonyl (C=O) groups is 1. The van der Waals surface area contributed by atoms with E-state index in [2.05, 4.69) is 11.8 Å². The van der Waals surface area contributed by atoms with E-state index in [1.807, 2.05) is 13.8 Å². The van der Waals surface area contributed by atoms with Gasteiger partial charge >= 0.3 is 0 Å². The normalized spacial score (nSPS) is 7.50. The van der Waals surface area contributed by atoms with E-state index in [1.54, 1.807) is 13.0 Å². The van der Waals surface area contributed by atoms with Gasteiger partial charge in [0.2, 0.25) is 0 Å². The minimum atomic E-state index is 0.0920. The molecule has 0 N–H and O–H groups in total. The van der Waals surface area contributed by atoms with Crippen molar-refractivity contribution in [1.29, 1.82) is 0 Å². The van der Waals surface area contributed by atoms with Gasteiger partial charge in [0.05, 0.1) is 6.42 Å². The molecule has 0 aromatic rings. The van der Waals surface area contributed by atoms with Crippen LogP contribution in [0.3, 0.4) is 0 Å². The second kappa shape index (κ2) is 4.81. The number of allylic oxidation sites excluding steroid dienone is 2. The lowest BCUT2D eigenvalue weighted by atomic mass is 10.2. The predicted molar refractivity (Wildman–Crippen MR) is 42.5 cm³/mol. The van der Waals surface area contributed by atoms with Crippen molar-refractivity contribution in [1.82, 2.24) is 0 Å². The molecule has 0 rings (SSSR count). The molecule has 0 amide bonds. The minimum Gasteiger partial charge on any atom is -0.294 e. The van der Waals surface area contributed by atoms with Gasteiger partial charge in [-0.15, -0.1) is 5.92 Å². The van der Waals surface area contributed by atoms with Crippen molar-refractivity contribution < 1.29 is 4.79 Å². The van der Waals surface area contributed by atoms with E-state index in [0.717, 1.165) is 5.57 Å². The van der Waals surface area contributed by atoms with Crippen molar-refractivity contribution in [3.05, 3.63) is 11.6 Å². The first-order chi connectivity index (χ1) is 4.66. The Bertz CT molecular complexity index is 197. The largest absolute Gasteiger partial charge is 0.294 e. The average Bonchev–Trinajstić information content (AvgIpc) is 1.82. The van der Waals surface area contributed by atoms with Crippen LogP contribution < -0.4 is 0 Å². The van der Waals surface area contributed by atoms with Crippen LogP contribution in [-0.4, -0.2) is 5.78 Å². The maximum atomic E-state index is 10.8. The molecule has 0 aliphatic rings. The monoisotopic (exact) mass is 136 g/mol. The fourth-order valence-electron chi connectivity index (χ4n) is 0.549. The second-order valence-electron chi connectivity index (χ2n) is 2.29. The molecular weight excluding hydrogens is 124 g/mol. The standard InChI is InChI=1S/C9H12O/c1-4-5-6-9(10)7-8(2)3/h7H,6H2,1-3H3. The maximum absolute atomic E-state index is 10.8. The Labute approximate surface area is 62.1 Å². The molecule has 0 aromatic carbocycles. The number of carbonyl (C=O) groups excluding carboxylic acids is 1. The molecule has 0 aromatic heterocycles. The topological polar surface area (TPSA) is 17.1 Å². The summed E-state index contributed by atoms with van der Waals surface area (Å²) in [6.07, 6.45) is 1.96. The van der Waals surface area contributed by atoms with E-state index in [9.17, 15) is 4.79 Å². The SMILES string of the molecule is CC#CCC(=O)C=C(C)C. The van der Waals surface area contributed by atoms with Crippen LogP contribution in [0, 0.1) is 11.8 Å². The van der Waals surface area contributed by atoms with Crippen LogP contribution in [0.1, 0.15) is 27.2 Å². The van der Waals surface area contributed by atoms with Gasteiger partial charge in [0.1, 0.15) is 0 Å². The van der Waals surface area contributed by atoms with Gasteiger partial charge in [0.15, 0.2) is 5.78 Å². The molecule has 0 heterocycles. The Balaban J connectivity index is 3.84. The van der Waals surface area contributed by atoms with E-state index in [-0.39, 0.29) is 5.78 Å². The molecule has 1 heteroatoms. The minimum absolute atomic E-state index is 0.0920. The molecule has 0 aliphatic heterocycles. The Morgan fingerprint density at radius 2 is 2.10 bits per heavy atom. The summed E-state index contributed by atoms with van der Waals surface area (Å²) >= 11 is 0. The Morgan fingerprint density at radius 1 is 1.50 bits per heavy atom. The Hall–Kier alpha value is -1.03. The van der Waals surface area contributed by atoms with Gasteiger partial charge in [-0.05, 0) is 26.8 Å². The summed E-state index contributed by atoms with van der Waals surface area (Å²) in [5, 5.41) is 0. The zero-order chi connectivity index (χ0) is 7.98. The molecule has 0 aliphatic carbocycles. The molecule has 1 nitrogen and oxygen atoms in total. The zero-order valence-corrected chi connectivity index (χ0v) is 6.69. The quantitative estimate of drug-likeness (QED) is 0.419. The second-order valence-corrected chi connectivity index (χ2v) is 2.29. The third kappa shape index (κ3) is 5.11. The lowest BCUT2D eigenvalue weighted by Gasteiger charge is -1.86. The van der Waals surface area contributed by atoms with Crippen LogP contribution in [0.25, 0.3) is 0 Å². The summed E-state index contributed by atoms with van der Waals surface area (Å²) in [6.45, 7) is 5.53. The summed E-state index contributed by atoms with van der Waals surface area (Å²) in [4.78, 5) is 10.8. The van der Waals surface area contributed by atoms with Crippen LogP contribution in [0.4, 0.5) is 0 Å². The highest BCUT2D eigenvalue weighted by Crippen LogP contribution is 1.91. The van der Waals surface area contributed by atoms with Gasteiger partial charge in [-0.1, -0.05) is 11.5 Å². The summed E-state index contributed by atoms with van der Waals surface area (Å²) in [7, 11) is 0. The molecule has 0 atom stereocenters. The number of hydrogen-bond donors (Lipinski definition) is 0. The van der Waals surface area contributed by atoms with Gasteiger partial charge in [-0.2, -0.15) is 0 Å². The van der Waals surface area contributed by atoms with Crippen LogP contribution in [0.2, 0.25) is 0 Å². The van der Waals surface area contributed by atoms with Gasteiger partial charge in [0.25, 0.3) is 0 Å². The fraction of sp³-hybridized carbons (Fsp3) is 0.444.